The van der Waals surface area contributed by atoms with Crippen LogP contribution >= 0.6 is 0 Å². The second-order valence-electron chi connectivity index (χ2n) is 9.82. The number of rotatable bonds is 4. The van der Waals surface area contributed by atoms with Crippen molar-refractivity contribution in [3.63, 3.8) is 0 Å². The maximum atomic E-state index is 8.05. The smallest absolute Gasteiger partial charge is 0.149 e. The quantitative estimate of drug-likeness (QED) is 0.262. The molecule has 3 heteroatoms. The van der Waals surface area contributed by atoms with Crippen molar-refractivity contribution in [1.29, 1.82) is 0 Å². The van der Waals surface area contributed by atoms with Gasteiger partial charge in [-0.2, -0.15) is 0 Å². The van der Waals surface area contributed by atoms with Crippen LogP contribution in [0, 0.1) is 6.85 Å². The van der Waals surface area contributed by atoms with Gasteiger partial charge in [0.05, 0.1) is 22.3 Å². The SMILES string of the molecule is [2H]C([2H])([2H])c1cccc2c1oc1c(-c3nc4ccccc4n3-c3c(C(C)C)cccc3C(C)C)cccc12. The summed E-state index contributed by atoms with van der Waals surface area (Å²) in [6, 6.07) is 26.1. The summed E-state index contributed by atoms with van der Waals surface area (Å²) >= 11 is 0. The van der Waals surface area contributed by atoms with E-state index in [9.17, 15) is 0 Å². The van der Waals surface area contributed by atoms with Gasteiger partial charge in [0.25, 0.3) is 0 Å². The number of hydrogen-bond donors (Lipinski definition) is 0. The Hall–Kier alpha value is -3.85. The zero-order chi connectivity index (χ0) is 26.8. The second-order valence-corrected chi connectivity index (χ2v) is 9.82. The topological polar surface area (TPSA) is 31.0 Å². The molecule has 0 spiro atoms. The Bertz CT molecular complexity index is 1800. The number of furan rings is 1. The van der Waals surface area contributed by atoms with E-state index < -0.39 is 6.85 Å². The maximum absolute atomic E-state index is 8.05. The molecule has 0 atom stereocenters. The number of aromatic nitrogens is 2. The van der Waals surface area contributed by atoms with Crippen LogP contribution in [0.2, 0.25) is 0 Å². The fourth-order valence-electron chi connectivity index (χ4n) is 5.20. The lowest BCUT2D eigenvalue weighted by atomic mass is 9.92. The molecule has 4 aromatic carbocycles. The highest BCUT2D eigenvalue weighted by Crippen LogP contribution is 2.41. The van der Waals surface area contributed by atoms with Crippen molar-refractivity contribution < 1.29 is 8.53 Å². The first kappa shape index (κ1) is 18.5. The van der Waals surface area contributed by atoms with Crippen LogP contribution in [-0.4, -0.2) is 9.55 Å². The van der Waals surface area contributed by atoms with E-state index in [1.807, 2.05) is 42.5 Å². The van der Waals surface area contributed by atoms with Gasteiger partial charge in [0.15, 0.2) is 0 Å². The minimum atomic E-state index is -2.27. The standard InChI is InChI=1S/C32H30N2O/c1-19(2)22-12-9-13-23(20(3)4)29(22)34-28-18-7-6-17-27(28)33-32(34)26-16-10-15-25-24-14-8-11-21(5)30(24)35-31(25)26/h6-20H,1-5H3/i5D3. The molecule has 0 unspecified atom stereocenters. The van der Waals surface area contributed by atoms with Crippen molar-refractivity contribution in [3.05, 3.63) is 95.6 Å². The van der Waals surface area contributed by atoms with E-state index in [1.54, 1.807) is 12.1 Å². The molecule has 35 heavy (non-hydrogen) atoms. The van der Waals surface area contributed by atoms with Crippen LogP contribution in [-0.2, 0) is 0 Å². The van der Waals surface area contributed by atoms with Gasteiger partial charge in [-0.25, -0.2) is 4.98 Å². The van der Waals surface area contributed by atoms with E-state index in [4.69, 9.17) is 13.5 Å². The molecule has 2 heterocycles. The number of nitrogens with zero attached hydrogens (tertiary/aromatic N) is 2. The maximum Gasteiger partial charge on any atom is 0.149 e. The van der Waals surface area contributed by atoms with E-state index in [0.29, 0.717) is 23.0 Å². The Kier molecular flexibility index (Phi) is 4.29. The Morgan fingerprint density at radius 2 is 1.40 bits per heavy atom. The van der Waals surface area contributed by atoms with Gasteiger partial charge >= 0.3 is 0 Å². The monoisotopic (exact) mass is 461 g/mol. The van der Waals surface area contributed by atoms with E-state index in [2.05, 4.69) is 56.5 Å². The Balaban J connectivity index is 1.75. The molecule has 0 N–H and O–H groups in total. The largest absolute Gasteiger partial charge is 0.455 e. The molecule has 2 aromatic heterocycles. The Labute approximate surface area is 210 Å². The summed E-state index contributed by atoms with van der Waals surface area (Å²) in [6.45, 7) is 6.61. The molecular weight excluding hydrogens is 428 g/mol. The normalized spacial score (nSPS) is 13.7. The summed E-state index contributed by atoms with van der Waals surface area (Å²) < 4.78 is 32.8. The zero-order valence-electron chi connectivity index (χ0n) is 23.5. The van der Waals surface area contributed by atoms with Crippen molar-refractivity contribution in [1.82, 2.24) is 9.55 Å². The van der Waals surface area contributed by atoms with Gasteiger partial charge in [-0.1, -0.05) is 88.4 Å². The highest BCUT2D eigenvalue weighted by molar-refractivity contribution is 6.10. The number of imidazole rings is 1. The first-order chi connectivity index (χ1) is 18.2. The van der Waals surface area contributed by atoms with E-state index in [-0.39, 0.29) is 5.56 Å². The summed E-state index contributed by atoms with van der Waals surface area (Å²) in [6.07, 6.45) is 0. The first-order valence-electron chi connectivity index (χ1n) is 13.7. The Morgan fingerprint density at radius 1 is 0.743 bits per heavy atom. The highest BCUT2D eigenvalue weighted by atomic mass is 16.3. The van der Waals surface area contributed by atoms with Gasteiger partial charge in [0.1, 0.15) is 17.0 Å². The zero-order valence-corrected chi connectivity index (χ0v) is 20.5. The molecule has 174 valence electrons. The van der Waals surface area contributed by atoms with Crippen molar-refractivity contribution in [2.45, 2.75) is 46.4 Å². The third-order valence-corrected chi connectivity index (χ3v) is 6.89. The van der Waals surface area contributed by atoms with Gasteiger partial charge in [-0.3, -0.25) is 4.57 Å². The third-order valence-electron chi connectivity index (χ3n) is 6.89. The van der Waals surface area contributed by atoms with Gasteiger partial charge in [-0.15, -0.1) is 0 Å². The van der Waals surface area contributed by atoms with Gasteiger partial charge in [0.2, 0.25) is 0 Å². The average Bonchev–Trinajstić information content (AvgIpc) is 3.46. The molecule has 0 radical (unpaired) electrons. The van der Waals surface area contributed by atoms with Crippen molar-refractivity contribution in [2.24, 2.45) is 0 Å². The Morgan fingerprint density at radius 3 is 2.11 bits per heavy atom. The van der Waals surface area contributed by atoms with Crippen LogP contribution in [0.25, 0.3) is 50.0 Å². The lowest BCUT2D eigenvalue weighted by Crippen LogP contribution is -2.08. The van der Waals surface area contributed by atoms with Crippen LogP contribution in [0.4, 0.5) is 0 Å². The lowest BCUT2D eigenvalue weighted by Gasteiger charge is -2.22. The van der Waals surface area contributed by atoms with E-state index in [1.165, 1.54) is 11.1 Å². The van der Waals surface area contributed by atoms with Crippen LogP contribution in [0.15, 0.2) is 83.3 Å². The number of fused-ring (bicyclic) bond motifs is 4. The van der Waals surface area contributed by atoms with Gasteiger partial charge in [0, 0.05) is 14.9 Å². The molecular formula is C32H30N2O. The van der Waals surface area contributed by atoms with E-state index >= 15 is 0 Å². The summed E-state index contributed by atoms with van der Waals surface area (Å²) in [5, 5.41) is 1.67. The van der Waals surface area contributed by atoms with Crippen molar-refractivity contribution in [3.8, 4) is 17.1 Å². The molecule has 0 saturated heterocycles. The molecule has 0 fully saturated rings. The minimum absolute atomic E-state index is 0.220. The fraction of sp³-hybridized carbons (Fsp3) is 0.219. The lowest BCUT2D eigenvalue weighted by molar-refractivity contribution is 0.666. The van der Waals surface area contributed by atoms with Gasteiger partial charge in [-0.05, 0) is 53.6 Å². The summed E-state index contributed by atoms with van der Waals surface area (Å²) in [7, 11) is 0. The predicted molar refractivity (Wildman–Crippen MR) is 147 cm³/mol. The summed E-state index contributed by atoms with van der Waals surface area (Å²) in [4.78, 5) is 5.14. The van der Waals surface area contributed by atoms with Crippen LogP contribution in [0.1, 0.15) is 60.3 Å². The van der Waals surface area contributed by atoms with Crippen molar-refractivity contribution >= 4 is 33.0 Å². The molecule has 6 aromatic rings. The first-order valence-corrected chi connectivity index (χ1v) is 12.2. The molecule has 0 bridgehead atoms. The fourth-order valence-corrected chi connectivity index (χ4v) is 5.20. The van der Waals surface area contributed by atoms with Crippen LogP contribution in [0.3, 0.4) is 0 Å². The number of aryl methyl sites for hydroxylation is 1. The van der Waals surface area contributed by atoms with E-state index in [0.717, 1.165) is 38.9 Å². The highest BCUT2D eigenvalue weighted by Gasteiger charge is 2.24. The summed E-state index contributed by atoms with van der Waals surface area (Å²) in [5.74, 6) is 1.39. The molecule has 0 aliphatic carbocycles. The third kappa shape index (κ3) is 3.30. The molecule has 6 rings (SSSR count). The molecule has 0 aliphatic rings. The number of hydrogen-bond acceptors (Lipinski definition) is 2. The molecule has 0 amide bonds. The van der Waals surface area contributed by atoms with Crippen LogP contribution in [0.5, 0.6) is 0 Å². The minimum Gasteiger partial charge on any atom is -0.455 e. The van der Waals surface area contributed by atoms with Crippen LogP contribution < -0.4 is 0 Å². The van der Waals surface area contributed by atoms with Gasteiger partial charge < -0.3 is 4.42 Å². The molecule has 3 nitrogen and oxygen atoms in total. The summed E-state index contributed by atoms with van der Waals surface area (Å²) in [5.41, 5.74) is 7.67. The molecule has 0 aliphatic heterocycles. The van der Waals surface area contributed by atoms with Crippen molar-refractivity contribution in [2.75, 3.05) is 0 Å². The number of benzene rings is 4. The predicted octanol–water partition coefficient (Wildman–Crippen LogP) is 9.15. The average molecular weight is 462 g/mol. The number of para-hydroxylation sites is 5. The molecule has 0 saturated carbocycles. The second kappa shape index (κ2) is 8.13.